The predicted octanol–water partition coefficient (Wildman–Crippen LogP) is 4.60. The van der Waals surface area contributed by atoms with E-state index in [1.54, 1.807) is 42.5 Å². The number of esters is 1. The molecule has 0 spiro atoms. The molecule has 3 aromatic carbocycles. The fourth-order valence-corrected chi connectivity index (χ4v) is 2.80. The second-order valence-corrected chi connectivity index (χ2v) is 7.19. The third kappa shape index (κ3) is 7.91. The summed E-state index contributed by atoms with van der Waals surface area (Å²) in [7, 11) is 0. The van der Waals surface area contributed by atoms with E-state index in [0.717, 1.165) is 15.6 Å². The molecule has 31 heavy (non-hydrogen) atoms. The van der Waals surface area contributed by atoms with Gasteiger partial charge in [-0.3, -0.25) is 4.79 Å². The number of carbonyl (C=O) groups excluding carboxylic acids is 2. The van der Waals surface area contributed by atoms with Crippen LogP contribution in [0.5, 0.6) is 11.5 Å². The number of hydrogen-bond acceptors (Lipinski definition) is 5. The zero-order valence-electron chi connectivity index (χ0n) is 16.4. The number of carbonyl (C=O) groups is 2. The van der Waals surface area contributed by atoms with E-state index in [0.29, 0.717) is 11.5 Å². The third-order valence-electron chi connectivity index (χ3n) is 3.88. The molecule has 0 aliphatic heterocycles. The van der Waals surface area contributed by atoms with Crippen molar-refractivity contribution >= 4 is 40.1 Å². The first-order valence-electron chi connectivity index (χ1n) is 9.34. The number of ether oxygens (including phenoxy) is 2. The Morgan fingerprint density at radius 2 is 1.68 bits per heavy atom. The highest BCUT2D eigenvalue weighted by Crippen LogP contribution is 2.17. The average Bonchev–Trinajstić information content (AvgIpc) is 2.78. The summed E-state index contributed by atoms with van der Waals surface area (Å²) in [4.78, 5) is 23.7. The van der Waals surface area contributed by atoms with Gasteiger partial charge >= 0.3 is 5.97 Å². The lowest BCUT2D eigenvalue weighted by molar-refractivity contribution is -0.129. The summed E-state index contributed by atoms with van der Waals surface area (Å²) >= 11 is 3.34. The summed E-state index contributed by atoms with van der Waals surface area (Å²) in [5.41, 5.74) is 4.04. The SMILES string of the molecule is O=C(COc1cccc(Br)c1)NN=Cc1ccc(OC(=O)C=Cc2ccccc2)cc1. The number of hydrogen-bond donors (Lipinski definition) is 1. The number of benzene rings is 3. The molecule has 1 N–H and O–H groups in total. The molecule has 0 aromatic heterocycles. The summed E-state index contributed by atoms with van der Waals surface area (Å²) in [5, 5.41) is 3.89. The molecule has 0 saturated carbocycles. The number of nitrogens with zero attached hydrogens (tertiary/aromatic N) is 1. The van der Waals surface area contributed by atoms with Crippen molar-refractivity contribution in [2.75, 3.05) is 6.61 Å². The molecular formula is C24H19BrN2O4. The summed E-state index contributed by atoms with van der Waals surface area (Å²) in [6.07, 6.45) is 4.54. The first kappa shape index (κ1) is 22.0. The Labute approximate surface area is 188 Å². The van der Waals surface area contributed by atoms with Crippen molar-refractivity contribution in [1.29, 1.82) is 0 Å². The van der Waals surface area contributed by atoms with Crippen LogP contribution in [0.3, 0.4) is 0 Å². The Kier molecular flexibility index (Phi) is 8.13. The van der Waals surface area contributed by atoms with Crippen molar-refractivity contribution in [3.8, 4) is 11.5 Å². The van der Waals surface area contributed by atoms with Gasteiger partial charge < -0.3 is 9.47 Å². The zero-order chi connectivity index (χ0) is 21.9. The third-order valence-corrected chi connectivity index (χ3v) is 4.37. The maximum atomic E-state index is 11.9. The molecule has 7 heteroatoms. The van der Waals surface area contributed by atoms with Crippen LogP contribution in [-0.2, 0) is 9.59 Å². The number of halogens is 1. The predicted molar refractivity (Wildman–Crippen MR) is 123 cm³/mol. The van der Waals surface area contributed by atoms with Gasteiger partial charge in [0.2, 0.25) is 0 Å². The molecule has 1 amide bonds. The van der Waals surface area contributed by atoms with Gasteiger partial charge in [-0.25, -0.2) is 10.2 Å². The minimum absolute atomic E-state index is 0.154. The van der Waals surface area contributed by atoms with Gasteiger partial charge in [0.05, 0.1) is 6.21 Å². The number of rotatable bonds is 8. The van der Waals surface area contributed by atoms with Crippen LogP contribution >= 0.6 is 15.9 Å². The van der Waals surface area contributed by atoms with Gasteiger partial charge in [-0.05, 0) is 59.7 Å². The van der Waals surface area contributed by atoms with E-state index >= 15 is 0 Å². The first-order chi connectivity index (χ1) is 15.1. The van der Waals surface area contributed by atoms with Crippen LogP contribution in [-0.4, -0.2) is 24.7 Å². The summed E-state index contributed by atoms with van der Waals surface area (Å²) in [6, 6.07) is 23.4. The van der Waals surface area contributed by atoms with Crippen molar-refractivity contribution in [2.45, 2.75) is 0 Å². The van der Waals surface area contributed by atoms with Crippen molar-refractivity contribution < 1.29 is 19.1 Å². The average molecular weight is 479 g/mol. The Morgan fingerprint density at radius 3 is 2.42 bits per heavy atom. The number of amides is 1. The lowest BCUT2D eigenvalue weighted by Crippen LogP contribution is -2.24. The van der Waals surface area contributed by atoms with Gasteiger partial charge in [0.25, 0.3) is 5.91 Å². The standard InChI is InChI=1S/C24H19BrN2O4/c25-20-7-4-8-22(15-20)30-17-23(28)27-26-16-19-9-12-21(13-10-19)31-24(29)14-11-18-5-2-1-3-6-18/h1-16H,17H2,(H,27,28). The van der Waals surface area contributed by atoms with E-state index in [2.05, 4.69) is 26.5 Å². The maximum Gasteiger partial charge on any atom is 0.336 e. The van der Waals surface area contributed by atoms with Crippen molar-refractivity contribution in [2.24, 2.45) is 5.10 Å². The van der Waals surface area contributed by atoms with Crippen molar-refractivity contribution in [3.63, 3.8) is 0 Å². The molecule has 3 rings (SSSR count). The molecule has 0 bridgehead atoms. The molecule has 0 heterocycles. The number of hydrazone groups is 1. The monoisotopic (exact) mass is 478 g/mol. The minimum Gasteiger partial charge on any atom is -0.484 e. The molecule has 156 valence electrons. The highest BCUT2D eigenvalue weighted by atomic mass is 79.9. The molecule has 0 fully saturated rings. The second kappa shape index (κ2) is 11.5. The fraction of sp³-hybridized carbons (Fsp3) is 0.0417. The molecule has 6 nitrogen and oxygen atoms in total. The Bertz CT molecular complexity index is 1080. The quantitative estimate of drug-likeness (QED) is 0.169. The lowest BCUT2D eigenvalue weighted by atomic mass is 10.2. The highest BCUT2D eigenvalue weighted by molar-refractivity contribution is 9.10. The summed E-state index contributed by atoms with van der Waals surface area (Å²) < 4.78 is 11.5. The molecule has 0 aliphatic carbocycles. The molecule has 0 unspecified atom stereocenters. The minimum atomic E-state index is -0.469. The van der Waals surface area contributed by atoms with Crippen LogP contribution in [0.1, 0.15) is 11.1 Å². The van der Waals surface area contributed by atoms with Crippen LogP contribution in [0.15, 0.2) is 94.5 Å². The van der Waals surface area contributed by atoms with Gasteiger partial charge in [0.1, 0.15) is 11.5 Å². The molecule has 3 aromatic rings. The Morgan fingerprint density at radius 1 is 0.903 bits per heavy atom. The van der Waals surface area contributed by atoms with E-state index in [9.17, 15) is 9.59 Å². The Hall–Kier alpha value is -3.71. The largest absolute Gasteiger partial charge is 0.484 e. The van der Waals surface area contributed by atoms with E-state index < -0.39 is 5.97 Å². The van der Waals surface area contributed by atoms with Gasteiger partial charge in [0.15, 0.2) is 6.61 Å². The van der Waals surface area contributed by atoms with Gasteiger partial charge in [-0.2, -0.15) is 5.10 Å². The number of nitrogens with one attached hydrogen (secondary N) is 1. The zero-order valence-corrected chi connectivity index (χ0v) is 18.0. The van der Waals surface area contributed by atoms with E-state index in [4.69, 9.17) is 9.47 Å². The van der Waals surface area contributed by atoms with Crippen LogP contribution < -0.4 is 14.9 Å². The van der Waals surface area contributed by atoms with E-state index in [1.165, 1.54) is 12.3 Å². The smallest absolute Gasteiger partial charge is 0.336 e. The Balaban J connectivity index is 1.43. The van der Waals surface area contributed by atoms with Crippen LogP contribution in [0.2, 0.25) is 0 Å². The first-order valence-corrected chi connectivity index (χ1v) is 10.1. The fourth-order valence-electron chi connectivity index (χ4n) is 2.42. The van der Waals surface area contributed by atoms with Gasteiger partial charge in [-0.15, -0.1) is 0 Å². The van der Waals surface area contributed by atoms with E-state index in [-0.39, 0.29) is 12.5 Å². The maximum absolute atomic E-state index is 11.9. The highest BCUT2D eigenvalue weighted by Gasteiger charge is 2.03. The molecule has 0 radical (unpaired) electrons. The topological polar surface area (TPSA) is 77.0 Å². The molecular weight excluding hydrogens is 460 g/mol. The molecule has 0 aliphatic rings. The van der Waals surface area contributed by atoms with Crippen LogP contribution in [0.4, 0.5) is 0 Å². The summed E-state index contributed by atoms with van der Waals surface area (Å²) in [6.45, 7) is -0.154. The lowest BCUT2D eigenvalue weighted by Gasteiger charge is -2.05. The molecule has 0 atom stereocenters. The van der Waals surface area contributed by atoms with Gasteiger partial charge in [-0.1, -0.05) is 52.3 Å². The van der Waals surface area contributed by atoms with Crippen LogP contribution in [0, 0.1) is 0 Å². The van der Waals surface area contributed by atoms with E-state index in [1.807, 2.05) is 42.5 Å². The molecule has 0 saturated heterocycles. The second-order valence-electron chi connectivity index (χ2n) is 6.27. The normalized spacial score (nSPS) is 10.9. The van der Waals surface area contributed by atoms with Crippen LogP contribution in [0.25, 0.3) is 6.08 Å². The van der Waals surface area contributed by atoms with Crippen molar-refractivity contribution in [1.82, 2.24) is 5.43 Å². The van der Waals surface area contributed by atoms with Gasteiger partial charge in [0, 0.05) is 10.5 Å². The summed E-state index contributed by atoms with van der Waals surface area (Å²) in [5.74, 6) is 0.138. The van der Waals surface area contributed by atoms with Crippen molar-refractivity contribution in [3.05, 3.63) is 101 Å².